The molecule has 1 aromatic carbocycles. The van der Waals surface area contributed by atoms with Crippen LogP contribution in [0, 0.1) is 16.0 Å². The van der Waals surface area contributed by atoms with Gasteiger partial charge in [-0.25, -0.2) is 0 Å². The number of nitrogens with one attached hydrogen (secondary N) is 1. The highest BCUT2D eigenvalue weighted by Crippen LogP contribution is 2.28. The zero-order valence-corrected chi connectivity index (χ0v) is 13.4. The van der Waals surface area contributed by atoms with Gasteiger partial charge in [0, 0.05) is 28.7 Å². The van der Waals surface area contributed by atoms with Crippen molar-refractivity contribution in [1.29, 1.82) is 0 Å². The van der Waals surface area contributed by atoms with Crippen molar-refractivity contribution in [2.45, 2.75) is 51.6 Å². The lowest BCUT2D eigenvalue weighted by Gasteiger charge is -2.28. The summed E-state index contributed by atoms with van der Waals surface area (Å²) < 4.78 is 0.747. The minimum atomic E-state index is -0.310. The number of hydrogen-bond donors (Lipinski definition) is 1. The van der Waals surface area contributed by atoms with Crippen LogP contribution in [0.1, 0.15) is 44.6 Å². The van der Waals surface area contributed by atoms with Gasteiger partial charge in [-0.05, 0) is 43.7 Å². The average molecular weight is 341 g/mol. The number of nitro groups is 1. The van der Waals surface area contributed by atoms with Crippen LogP contribution in [-0.4, -0.2) is 11.0 Å². The lowest BCUT2D eigenvalue weighted by molar-refractivity contribution is -0.385. The van der Waals surface area contributed by atoms with Crippen LogP contribution in [0.3, 0.4) is 0 Å². The molecule has 4 nitrogen and oxygen atoms in total. The summed E-state index contributed by atoms with van der Waals surface area (Å²) in [5, 5.41) is 14.5. The van der Waals surface area contributed by atoms with Gasteiger partial charge in [0.05, 0.1) is 4.92 Å². The van der Waals surface area contributed by atoms with Crippen molar-refractivity contribution in [3.8, 4) is 0 Å². The molecule has 20 heavy (non-hydrogen) atoms. The van der Waals surface area contributed by atoms with E-state index in [1.165, 1.54) is 32.1 Å². The molecule has 2 rings (SSSR count). The number of benzene rings is 1. The molecule has 110 valence electrons. The minimum Gasteiger partial charge on any atom is -0.310 e. The van der Waals surface area contributed by atoms with Gasteiger partial charge in [0.15, 0.2) is 0 Å². The molecule has 1 fully saturated rings. The topological polar surface area (TPSA) is 55.2 Å². The summed E-state index contributed by atoms with van der Waals surface area (Å²) >= 11 is 3.28. The summed E-state index contributed by atoms with van der Waals surface area (Å²) in [5.74, 6) is 0.870. The van der Waals surface area contributed by atoms with Gasteiger partial charge in [0.1, 0.15) is 0 Å². The molecule has 0 heterocycles. The molecule has 0 aromatic heterocycles. The molecule has 0 unspecified atom stereocenters. The number of halogens is 1. The van der Waals surface area contributed by atoms with E-state index in [1.807, 2.05) is 12.1 Å². The van der Waals surface area contributed by atoms with Crippen LogP contribution in [-0.2, 0) is 6.54 Å². The summed E-state index contributed by atoms with van der Waals surface area (Å²) in [6.45, 7) is 2.83. The molecule has 1 saturated carbocycles. The number of rotatable bonds is 5. The average Bonchev–Trinajstić information content (AvgIpc) is 2.46. The second-order valence-electron chi connectivity index (χ2n) is 5.54. The first-order valence-corrected chi connectivity index (χ1v) is 8.05. The van der Waals surface area contributed by atoms with E-state index in [0.29, 0.717) is 12.6 Å². The molecule has 1 aromatic rings. The van der Waals surface area contributed by atoms with Crippen molar-refractivity contribution in [2.75, 3.05) is 0 Å². The summed E-state index contributed by atoms with van der Waals surface area (Å²) in [4.78, 5) is 10.8. The Labute approximate surface area is 128 Å². The summed E-state index contributed by atoms with van der Waals surface area (Å²) in [5.41, 5.74) is 0.949. The molecule has 0 aliphatic heterocycles. The molecule has 0 spiro atoms. The zero-order valence-electron chi connectivity index (χ0n) is 11.8. The van der Waals surface area contributed by atoms with E-state index >= 15 is 0 Å². The van der Waals surface area contributed by atoms with Crippen molar-refractivity contribution in [2.24, 2.45) is 5.92 Å². The highest BCUT2D eigenvalue weighted by molar-refractivity contribution is 9.10. The van der Waals surface area contributed by atoms with Gasteiger partial charge in [-0.3, -0.25) is 10.1 Å². The molecule has 0 radical (unpaired) electrons. The largest absolute Gasteiger partial charge is 0.310 e. The van der Waals surface area contributed by atoms with Crippen molar-refractivity contribution in [3.05, 3.63) is 38.3 Å². The first-order chi connectivity index (χ1) is 9.60. The van der Waals surface area contributed by atoms with Crippen LogP contribution < -0.4 is 5.32 Å². The Morgan fingerprint density at radius 3 is 2.65 bits per heavy atom. The highest BCUT2D eigenvalue weighted by atomic mass is 79.9. The van der Waals surface area contributed by atoms with E-state index in [0.717, 1.165) is 16.0 Å². The van der Waals surface area contributed by atoms with Gasteiger partial charge in [0.25, 0.3) is 5.69 Å². The maximum absolute atomic E-state index is 11.1. The predicted molar refractivity (Wildman–Crippen MR) is 83.7 cm³/mol. The first kappa shape index (κ1) is 15.4. The number of nitrogens with zero attached hydrogens (tertiary/aromatic N) is 1. The van der Waals surface area contributed by atoms with Gasteiger partial charge in [-0.2, -0.15) is 0 Å². The fourth-order valence-corrected chi connectivity index (χ4v) is 3.23. The van der Waals surface area contributed by atoms with Gasteiger partial charge in [-0.15, -0.1) is 0 Å². The van der Waals surface area contributed by atoms with Crippen LogP contribution >= 0.6 is 15.9 Å². The van der Waals surface area contributed by atoms with Gasteiger partial charge in [-0.1, -0.05) is 29.3 Å². The molecule has 1 aliphatic carbocycles. The molecule has 5 heteroatoms. The maximum atomic E-state index is 11.1. The summed E-state index contributed by atoms with van der Waals surface area (Å²) in [6.07, 6.45) is 6.18. The quantitative estimate of drug-likeness (QED) is 0.637. The maximum Gasteiger partial charge on any atom is 0.275 e. The van der Waals surface area contributed by atoms with Gasteiger partial charge in [0.2, 0.25) is 0 Å². The van der Waals surface area contributed by atoms with E-state index in [2.05, 4.69) is 28.2 Å². The van der Waals surface area contributed by atoms with Crippen LogP contribution in [0.15, 0.2) is 22.7 Å². The van der Waals surface area contributed by atoms with Crippen molar-refractivity contribution < 1.29 is 4.92 Å². The molecule has 1 aliphatic rings. The standard InChI is InChI=1S/C15H21BrN2O2/c1-2-11-3-7-14(8-4-11)17-10-12-5-6-13(16)9-15(12)18(19)20/h5-6,9,11,14,17H,2-4,7-8,10H2,1H3. The molecule has 0 saturated heterocycles. The summed E-state index contributed by atoms with van der Waals surface area (Å²) in [6, 6.07) is 5.76. The van der Waals surface area contributed by atoms with Gasteiger partial charge >= 0.3 is 0 Å². The molecule has 0 bridgehead atoms. The lowest BCUT2D eigenvalue weighted by Crippen LogP contribution is -2.32. The third-order valence-corrected chi connectivity index (χ3v) is 4.74. The Morgan fingerprint density at radius 1 is 1.35 bits per heavy atom. The fourth-order valence-electron chi connectivity index (χ4n) is 2.89. The van der Waals surface area contributed by atoms with Crippen LogP contribution in [0.4, 0.5) is 5.69 Å². The Balaban J connectivity index is 1.93. The minimum absolute atomic E-state index is 0.189. The third-order valence-electron chi connectivity index (χ3n) is 4.25. The van der Waals surface area contributed by atoms with E-state index in [9.17, 15) is 10.1 Å². The number of hydrogen-bond acceptors (Lipinski definition) is 3. The Kier molecular flexibility index (Phi) is 5.54. The zero-order chi connectivity index (χ0) is 14.5. The Bertz CT molecular complexity index is 471. The van der Waals surface area contributed by atoms with Crippen LogP contribution in [0.2, 0.25) is 0 Å². The van der Waals surface area contributed by atoms with E-state index in [-0.39, 0.29) is 10.6 Å². The van der Waals surface area contributed by atoms with E-state index < -0.39 is 0 Å². The van der Waals surface area contributed by atoms with E-state index in [4.69, 9.17) is 0 Å². The third kappa shape index (κ3) is 4.03. The number of nitro benzene ring substituents is 1. The van der Waals surface area contributed by atoms with Crippen LogP contribution in [0.25, 0.3) is 0 Å². The molecule has 1 N–H and O–H groups in total. The molecular formula is C15H21BrN2O2. The Hall–Kier alpha value is -0.940. The van der Waals surface area contributed by atoms with Crippen molar-refractivity contribution in [1.82, 2.24) is 5.32 Å². The summed E-state index contributed by atoms with van der Waals surface area (Å²) in [7, 11) is 0. The van der Waals surface area contributed by atoms with Crippen molar-refractivity contribution in [3.63, 3.8) is 0 Å². The van der Waals surface area contributed by atoms with Crippen LogP contribution in [0.5, 0.6) is 0 Å². The second kappa shape index (κ2) is 7.18. The SMILES string of the molecule is CCC1CCC(NCc2ccc(Br)cc2[N+](=O)[O-])CC1. The molecule has 0 atom stereocenters. The predicted octanol–water partition coefficient (Wildman–Crippen LogP) is 4.42. The fraction of sp³-hybridized carbons (Fsp3) is 0.600. The smallest absolute Gasteiger partial charge is 0.275 e. The normalized spacial score (nSPS) is 22.7. The second-order valence-corrected chi connectivity index (χ2v) is 6.45. The van der Waals surface area contributed by atoms with Gasteiger partial charge < -0.3 is 5.32 Å². The molecule has 0 amide bonds. The Morgan fingerprint density at radius 2 is 2.05 bits per heavy atom. The highest BCUT2D eigenvalue weighted by Gasteiger charge is 2.21. The monoisotopic (exact) mass is 340 g/mol. The molecular weight excluding hydrogens is 320 g/mol. The van der Waals surface area contributed by atoms with E-state index in [1.54, 1.807) is 6.07 Å². The first-order valence-electron chi connectivity index (χ1n) is 7.26. The van der Waals surface area contributed by atoms with Crippen molar-refractivity contribution >= 4 is 21.6 Å². The lowest BCUT2D eigenvalue weighted by atomic mass is 9.84.